The number of aliphatic carboxylic acids is 1. The van der Waals surface area contributed by atoms with E-state index in [0.29, 0.717) is 0 Å². The van der Waals surface area contributed by atoms with Gasteiger partial charge in [-0.2, -0.15) is 5.26 Å². The fourth-order valence-corrected chi connectivity index (χ4v) is 1.52. The van der Waals surface area contributed by atoms with Crippen molar-refractivity contribution in [1.82, 2.24) is 0 Å². The maximum atomic E-state index is 11.7. The minimum absolute atomic E-state index is 0.164. The number of carbonyl (C=O) groups is 2. The molecule has 2 N–H and O–H groups in total. The second-order valence-corrected chi connectivity index (χ2v) is 4.82. The van der Waals surface area contributed by atoms with Crippen LogP contribution < -0.4 is 0 Å². The van der Waals surface area contributed by atoms with Gasteiger partial charge in [0.15, 0.2) is 0 Å². The van der Waals surface area contributed by atoms with Crippen molar-refractivity contribution in [2.75, 3.05) is 0 Å². The monoisotopic (exact) mass is 227 g/mol. The molecule has 0 aliphatic carbocycles. The number of rotatable bonds is 5. The average molecular weight is 227 g/mol. The third kappa shape index (κ3) is 4.41. The molecule has 16 heavy (non-hydrogen) atoms. The molecule has 0 saturated heterocycles. The van der Waals surface area contributed by atoms with Crippen LogP contribution in [-0.2, 0) is 9.59 Å². The Balaban J connectivity index is 4.67. The van der Waals surface area contributed by atoms with Gasteiger partial charge in [-0.05, 0) is 5.41 Å². The third-order valence-electron chi connectivity index (χ3n) is 2.20. The topological polar surface area (TPSA) is 98.4 Å². The number of aliphatic hydroxyl groups is 1. The van der Waals surface area contributed by atoms with Gasteiger partial charge in [-0.1, -0.05) is 20.8 Å². The molecule has 0 saturated carbocycles. The van der Waals surface area contributed by atoms with Gasteiger partial charge in [0, 0.05) is 6.42 Å². The van der Waals surface area contributed by atoms with E-state index in [0.717, 1.165) is 0 Å². The first-order valence-electron chi connectivity index (χ1n) is 5.00. The lowest BCUT2D eigenvalue weighted by molar-refractivity contribution is -0.151. The summed E-state index contributed by atoms with van der Waals surface area (Å²) in [5, 5.41) is 26.6. The lowest BCUT2D eigenvalue weighted by Gasteiger charge is -2.26. The second-order valence-electron chi connectivity index (χ2n) is 4.82. The molecule has 0 bridgehead atoms. The minimum Gasteiger partial charge on any atom is -0.481 e. The Hall–Kier alpha value is -1.41. The van der Waals surface area contributed by atoms with Crippen LogP contribution in [0.25, 0.3) is 0 Å². The highest BCUT2D eigenvalue weighted by Crippen LogP contribution is 2.28. The molecule has 0 aromatic rings. The van der Waals surface area contributed by atoms with Gasteiger partial charge in [-0.25, -0.2) is 0 Å². The SMILES string of the molecule is CC(C)(C)[C@@H](C(=O)O)C(=O)CC(O)CC#N. The van der Waals surface area contributed by atoms with Gasteiger partial charge in [0.1, 0.15) is 11.7 Å². The van der Waals surface area contributed by atoms with Gasteiger partial charge in [-0.3, -0.25) is 9.59 Å². The van der Waals surface area contributed by atoms with E-state index in [2.05, 4.69) is 0 Å². The van der Waals surface area contributed by atoms with E-state index in [-0.39, 0.29) is 12.8 Å². The summed E-state index contributed by atoms with van der Waals surface area (Å²) >= 11 is 0. The van der Waals surface area contributed by atoms with Crippen molar-refractivity contribution in [3.05, 3.63) is 0 Å². The van der Waals surface area contributed by atoms with Gasteiger partial charge in [-0.15, -0.1) is 0 Å². The second kappa shape index (κ2) is 5.61. The molecule has 0 aliphatic rings. The third-order valence-corrected chi connectivity index (χ3v) is 2.20. The molecule has 0 heterocycles. The van der Waals surface area contributed by atoms with Crippen LogP contribution in [-0.4, -0.2) is 28.1 Å². The zero-order valence-corrected chi connectivity index (χ0v) is 9.73. The van der Waals surface area contributed by atoms with E-state index in [1.165, 1.54) is 0 Å². The van der Waals surface area contributed by atoms with Gasteiger partial charge >= 0.3 is 5.97 Å². The van der Waals surface area contributed by atoms with Gasteiger partial charge < -0.3 is 10.2 Å². The van der Waals surface area contributed by atoms with Crippen LogP contribution in [0.4, 0.5) is 0 Å². The van der Waals surface area contributed by atoms with E-state index >= 15 is 0 Å². The number of hydrogen-bond acceptors (Lipinski definition) is 4. The number of nitrogens with zero attached hydrogens (tertiary/aromatic N) is 1. The van der Waals surface area contributed by atoms with Crippen LogP contribution in [0.3, 0.4) is 0 Å². The van der Waals surface area contributed by atoms with Crippen molar-refractivity contribution in [3.63, 3.8) is 0 Å². The summed E-state index contributed by atoms with van der Waals surface area (Å²) in [6, 6.07) is 1.73. The Morgan fingerprint density at radius 2 is 1.88 bits per heavy atom. The molecule has 90 valence electrons. The zero-order valence-electron chi connectivity index (χ0n) is 9.73. The number of nitriles is 1. The molecular formula is C11H17NO4. The predicted molar refractivity (Wildman–Crippen MR) is 56.4 cm³/mol. The highest BCUT2D eigenvalue weighted by atomic mass is 16.4. The average Bonchev–Trinajstić information content (AvgIpc) is 1.99. The number of Topliss-reactive ketones (excluding diaryl/α,β-unsaturated/α-hetero) is 1. The first kappa shape index (κ1) is 14.6. The summed E-state index contributed by atoms with van der Waals surface area (Å²) in [6.07, 6.45) is -1.54. The van der Waals surface area contributed by atoms with Crippen molar-refractivity contribution in [2.24, 2.45) is 11.3 Å². The largest absolute Gasteiger partial charge is 0.481 e. The molecule has 0 aliphatic heterocycles. The molecule has 0 aromatic heterocycles. The van der Waals surface area contributed by atoms with E-state index in [1.54, 1.807) is 26.8 Å². The quantitative estimate of drug-likeness (QED) is 0.682. The van der Waals surface area contributed by atoms with Crippen LogP contribution in [0.5, 0.6) is 0 Å². The molecule has 0 amide bonds. The number of ketones is 1. The summed E-state index contributed by atoms with van der Waals surface area (Å²) in [4.78, 5) is 22.6. The Bertz CT molecular complexity index is 311. The number of carbonyl (C=O) groups excluding carboxylic acids is 1. The molecular weight excluding hydrogens is 210 g/mol. The zero-order chi connectivity index (χ0) is 12.9. The molecule has 1 unspecified atom stereocenters. The minimum atomic E-state index is -1.19. The van der Waals surface area contributed by atoms with Gasteiger partial charge in [0.2, 0.25) is 0 Å². The van der Waals surface area contributed by atoms with Crippen LogP contribution in [0, 0.1) is 22.7 Å². The van der Waals surface area contributed by atoms with Crippen LogP contribution in [0.15, 0.2) is 0 Å². The molecule has 0 radical (unpaired) electrons. The molecule has 2 atom stereocenters. The van der Waals surface area contributed by atoms with E-state index < -0.39 is 29.2 Å². The van der Waals surface area contributed by atoms with Crippen molar-refractivity contribution >= 4 is 11.8 Å². The Labute approximate surface area is 94.7 Å². The van der Waals surface area contributed by atoms with Gasteiger partial charge in [0.05, 0.1) is 18.6 Å². The van der Waals surface area contributed by atoms with Gasteiger partial charge in [0.25, 0.3) is 0 Å². The number of hydrogen-bond donors (Lipinski definition) is 2. The summed E-state index contributed by atoms with van der Waals surface area (Å²) in [6.45, 7) is 4.96. The van der Waals surface area contributed by atoms with Crippen molar-refractivity contribution in [3.8, 4) is 6.07 Å². The van der Waals surface area contributed by atoms with Crippen molar-refractivity contribution in [1.29, 1.82) is 5.26 Å². The maximum Gasteiger partial charge on any atom is 0.314 e. The number of carboxylic acids is 1. The molecule has 5 nitrogen and oxygen atoms in total. The molecule has 0 aromatic carbocycles. The lowest BCUT2D eigenvalue weighted by Crippen LogP contribution is -2.37. The fraction of sp³-hybridized carbons (Fsp3) is 0.727. The molecule has 0 spiro atoms. The molecule has 0 rings (SSSR count). The highest BCUT2D eigenvalue weighted by Gasteiger charge is 2.37. The normalized spacial score (nSPS) is 14.9. The fourth-order valence-electron chi connectivity index (χ4n) is 1.52. The molecule has 5 heteroatoms. The smallest absolute Gasteiger partial charge is 0.314 e. The number of carboxylic acid groups (broad SMARTS) is 1. The van der Waals surface area contributed by atoms with E-state index in [1.807, 2.05) is 0 Å². The summed E-state index contributed by atoms with van der Waals surface area (Å²) < 4.78 is 0. The standard InChI is InChI=1S/C11H17NO4/c1-11(2,3)9(10(15)16)8(14)6-7(13)4-5-12/h7,9,13H,4,6H2,1-3H3,(H,15,16)/t7?,9-/m1/s1. The number of aliphatic hydroxyl groups excluding tert-OH is 1. The maximum absolute atomic E-state index is 11.7. The first-order valence-corrected chi connectivity index (χ1v) is 5.00. The van der Waals surface area contributed by atoms with Crippen LogP contribution >= 0.6 is 0 Å². The van der Waals surface area contributed by atoms with Crippen molar-refractivity contribution in [2.45, 2.75) is 39.7 Å². The summed E-state index contributed by atoms with van der Waals surface area (Å²) in [5.74, 6) is -2.88. The van der Waals surface area contributed by atoms with Crippen LogP contribution in [0.1, 0.15) is 33.6 Å². The van der Waals surface area contributed by atoms with Crippen LogP contribution in [0.2, 0.25) is 0 Å². The van der Waals surface area contributed by atoms with E-state index in [4.69, 9.17) is 10.4 Å². The first-order chi connectivity index (χ1) is 7.20. The highest BCUT2D eigenvalue weighted by molar-refractivity contribution is 5.99. The predicted octanol–water partition coefficient (Wildman–Crippen LogP) is 0.967. The Kier molecular flexibility index (Phi) is 5.12. The lowest BCUT2D eigenvalue weighted by atomic mass is 9.77. The Morgan fingerprint density at radius 3 is 2.19 bits per heavy atom. The van der Waals surface area contributed by atoms with E-state index in [9.17, 15) is 14.7 Å². The summed E-state index contributed by atoms with van der Waals surface area (Å²) in [7, 11) is 0. The Morgan fingerprint density at radius 1 is 1.38 bits per heavy atom. The summed E-state index contributed by atoms with van der Waals surface area (Å²) in [5.41, 5.74) is -0.699. The van der Waals surface area contributed by atoms with Crippen molar-refractivity contribution < 1.29 is 19.8 Å². The molecule has 0 fully saturated rings.